The Morgan fingerprint density at radius 2 is 1.73 bits per heavy atom. The van der Waals surface area contributed by atoms with Crippen molar-refractivity contribution in [1.82, 2.24) is 20.2 Å². The van der Waals surface area contributed by atoms with Crippen molar-refractivity contribution in [2.45, 2.75) is 20.3 Å². The number of aryl methyl sites for hydroxylation is 1. The number of anilines is 2. The molecule has 162 valence electrons. The SMILES string of the molecule is Cc1nc(-c2ccc(N3CCNCC3)cc2)nc(NCCCN2CCOCC2)c1C. The third-order valence-electron chi connectivity index (χ3n) is 6.04. The molecule has 0 spiro atoms. The second-order valence-electron chi connectivity index (χ2n) is 8.12. The number of nitrogens with zero attached hydrogens (tertiary/aromatic N) is 4. The number of benzene rings is 1. The summed E-state index contributed by atoms with van der Waals surface area (Å²) >= 11 is 0. The number of aromatic nitrogens is 2. The number of rotatable bonds is 7. The molecule has 0 unspecified atom stereocenters. The molecule has 2 aliphatic rings. The van der Waals surface area contributed by atoms with Crippen LogP contribution in [-0.2, 0) is 4.74 Å². The van der Waals surface area contributed by atoms with Crippen LogP contribution in [-0.4, -0.2) is 80.4 Å². The van der Waals surface area contributed by atoms with Crippen LogP contribution in [0.25, 0.3) is 11.4 Å². The smallest absolute Gasteiger partial charge is 0.161 e. The van der Waals surface area contributed by atoms with Gasteiger partial charge >= 0.3 is 0 Å². The maximum Gasteiger partial charge on any atom is 0.161 e. The summed E-state index contributed by atoms with van der Waals surface area (Å²) in [7, 11) is 0. The summed E-state index contributed by atoms with van der Waals surface area (Å²) in [5.41, 5.74) is 4.49. The van der Waals surface area contributed by atoms with Crippen molar-refractivity contribution in [2.75, 3.05) is 75.8 Å². The van der Waals surface area contributed by atoms with Crippen molar-refractivity contribution in [3.8, 4) is 11.4 Å². The van der Waals surface area contributed by atoms with Crippen molar-refractivity contribution < 1.29 is 4.74 Å². The quantitative estimate of drug-likeness (QED) is 0.679. The van der Waals surface area contributed by atoms with Crippen LogP contribution in [0.1, 0.15) is 17.7 Å². The predicted molar refractivity (Wildman–Crippen MR) is 122 cm³/mol. The van der Waals surface area contributed by atoms with Gasteiger partial charge in [0.05, 0.1) is 13.2 Å². The molecule has 0 aliphatic carbocycles. The maximum atomic E-state index is 5.42. The fraction of sp³-hybridized carbons (Fsp3) is 0.565. The van der Waals surface area contributed by atoms with E-state index in [0.29, 0.717) is 0 Å². The Morgan fingerprint density at radius 1 is 1.00 bits per heavy atom. The van der Waals surface area contributed by atoms with E-state index in [9.17, 15) is 0 Å². The fourth-order valence-corrected chi connectivity index (χ4v) is 4.01. The summed E-state index contributed by atoms with van der Waals surface area (Å²) in [6.45, 7) is 14.2. The number of ether oxygens (including phenoxy) is 1. The number of morpholine rings is 1. The maximum absolute atomic E-state index is 5.42. The van der Waals surface area contributed by atoms with E-state index in [1.807, 2.05) is 0 Å². The van der Waals surface area contributed by atoms with Crippen LogP contribution in [0.3, 0.4) is 0 Å². The van der Waals surface area contributed by atoms with Crippen molar-refractivity contribution in [3.63, 3.8) is 0 Å². The fourth-order valence-electron chi connectivity index (χ4n) is 4.01. The summed E-state index contributed by atoms with van der Waals surface area (Å²) in [6.07, 6.45) is 1.09. The highest BCUT2D eigenvalue weighted by Crippen LogP contribution is 2.24. The van der Waals surface area contributed by atoms with Crippen LogP contribution < -0.4 is 15.5 Å². The Morgan fingerprint density at radius 3 is 2.47 bits per heavy atom. The average molecular weight is 411 g/mol. The normalized spacial score (nSPS) is 17.9. The third-order valence-corrected chi connectivity index (χ3v) is 6.04. The van der Waals surface area contributed by atoms with Crippen LogP contribution >= 0.6 is 0 Å². The van der Waals surface area contributed by atoms with E-state index in [1.165, 1.54) is 5.69 Å². The Balaban J connectivity index is 1.39. The summed E-state index contributed by atoms with van der Waals surface area (Å²) in [6, 6.07) is 8.66. The largest absolute Gasteiger partial charge is 0.379 e. The van der Waals surface area contributed by atoms with Crippen molar-refractivity contribution in [1.29, 1.82) is 0 Å². The van der Waals surface area contributed by atoms with Gasteiger partial charge in [-0.25, -0.2) is 9.97 Å². The molecule has 4 rings (SSSR count). The van der Waals surface area contributed by atoms with E-state index >= 15 is 0 Å². The number of hydrogen-bond donors (Lipinski definition) is 2. The minimum atomic E-state index is 0.792. The molecule has 2 aliphatic heterocycles. The number of nitrogens with one attached hydrogen (secondary N) is 2. The first kappa shape index (κ1) is 21.0. The Kier molecular flexibility index (Phi) is 7.15. The molecule has 2 N–H and O–H groups in total. The van der Waals surface area contributed by atoms with E-state index in [1.54, 1.807) is 0 Å². The predicted octanol–water partition coefficient (Wildman–Crippen LogP) is 2.30. The molecule has 0 saturated carbocycles. The van der Waals surface area contributed by atoms with Gasteiger partial charge in [-0.05, 0) is 51.1 Å². The molecule has 30 heavy (non-hydrogen) atoms. The van der Waals surface area contributed by atoms with Gasteiger partial charge in [0.1, 0.15) is 5.82 Å². The molecule has 0 radical (unpaired) electrons. The second kappa shape index (κ2) is 10.2. The highest BCUT2D eigenvalue weighted by Gasteiger charge is 2.13. The van der Waals surface area contributed by atoms with Crippen LogP contribution in [0.4, 0.5) is 11.5 Å². The molecule has 1 aromatic heterocycles. The van der Waals surface area contributed by atoms with E-state index in [2.05, 4.69) is 58.5 Å². The van der Waals surface area contributed by atoms with Gasteiger partial charge in [0.25, 0.3) is 0 Å². The minimum Gasteiger partial charge on any atom is -0.379 e. The van der Waals surface area contributed by atoms with Crippen LogP contribution in [0.5, 0.6) is 0 Å². The molecule has 3 heterocycles. The van der Waals surface area contributed by atoms with Gasteiger partial charge in [-0.1, -0.05) is 0 Å². The molecule has 2 saturated heterocycles. The summed E-state index contributed by atoms with van der Waals surface area (Å²) < 4.78 is 5.42. The van der Waals surface area contributed by atoms with E-state index < -0.39 is 0 Å². The highest BCUT2D eigenvalue weighted by molar-refractivity contribution is 5.63. The first-order chi connectivity index (χ1) is 14.7. The lowest BCUT2D eigenvalue weighted by atomic mass is 10.1. The average Bonchev–Trinajstić information content (AvgIpc) is 2.80. The topological polar surface area (TPSA) is 65.6 Å². The summed E-state index contributed by atoms with van der Waals surface area (Å²) in [5.74, 6) is 1.74. The van der Waals surface area contributed by atoms with E-state index in [-0.39, 0.29) is 0 Å². The molecule has 7 heteroatoms. The first-order valence-corrected chi connectivity index (χ1v) is 11.2. The van der Waals surface area contributed by atoms with Crippen LogP contribution in [0.2, 0.25) is 0 Å². The number of piperazine rings is 1. The minimum absolute atomic E-state index is 0.792. The third kappa shape index (κ3) is 5.28. The van der Waals surface area contributed by atoms with E-state index in [4.69, 9.17) is 14.7 Å². The molecule has 0 bridgehead atoms. The summed E-state index contributed by atoms with van der Waals surface area (Å²) in [4.78, 5) is 14.5. The van der Waals surface area contributed by atoms with Gasteiger partial charge in [0.15, 0.2) is 5.82 Å². The van der Waals surface area contributed by atoms with Crippen molar-refractivity contribution in [3.05, 3.63) is 35.5 Å². The lowest BCUT2D eigenvalue weighted by Crippen LogP contribution is -2.43. The van der Waals surface area contributed by atoms with Crippen molar-refractivity contribution >= 4 is 11.5 Å². The molecule has 2 fully saturated rings. The van der Waals surface area contributed by atoms with Crippen LogP contribution in [0.15, 0.2) is 24.3 Å². The van der Waals surface area contributed by atoms with Gasteiger partial charge in [0, 0.05) is 68.3 Å². The molecule has 7 nitrogen and oxygen atoms in total. The highest BCUT2D eigenvalue weighted by atomic mass is 16.5. The van der Waals surface area contributed by atoms with Gasteiger partial charge < -0.3 is 20.3 Å². The molecule has 0 atom stereocenters. The number of hydrogen-bond acceptors (Lipinski definition) is 7. The van der Waals surface area contributed by atoms with Crippen molar-refractivity contribution in [2.24, 2.45) is 0 Å². The Labute approximate surface area is 179 Å². The molecule has 1 aromatic carbocycles. The lowest BCUT2D eigenvalue weighted by molar-refractivity contribution is 0.0378. The van der Waals surface area contributed by atoms with Crippen LogP contribution in [0, 0.1) is 13.8 Å². The Hall–Kier alpha value is -2.22. The zero-order chi connectivity index (χ0) is 20.8. The second-order valence-corrected chi connectivity index (χ2v) is 8.12. The lowest BCUT2D eigenvalue weighted by Gasteiger charge is -2.29. The molecule has 0 amide bonds. The van der Waals surface area contributed by atoms with Gasteiger partial charge in [-0.15, -0.1) is 0 Å². The monoisotopic (exact) mass is 410 g/mol. The standard InChI is InChI=1S/C23H34N6O/c1-18-19(2)26-23(20-4-6-21(7-5-20)29-12-9-24-10-13-29)27-22(18)25-8-3-11-28-14-16-30-17-15-28/h4-7,24H,3,8-17H2,1-2H3,(H,25,26,27). The zero-order valence-corrected chi connectivity index (χ0v) is 18.3. The van der Waals surface area contributed by atoms with Gasteiger partial charge in [-0.3, -0.25) is 4.90 Å². The first-order valence-electron chi connectivity index (χ1n) is 11.2. The molecule has 2 aromatic rings. The van der Waals surface area contributed by atoms with E-state index in [0.717, 1.165) is 100 Å². The molecular weight excluding hydrogens is 376 g/mol. The zero-order valence-electron chi connectivity index (χ0n) is 18.3. The van der Waals surface area contributed by atoms with Gasteiger partial charge in [0.2, 0.25) is 0 Å². The van der Waals surface area contributed by atoms with Gasteiger partial charge in [-0.2, -0.15) is 0 Å². The Bertz CT molecular complexity index is 813. The summed E-state index contributed by atoms with van der Waals surface area (Å²) in [5, 5.41) is 6.94. The molecular formula is C23H34N6O.